The molecule has 0 aliphatic carbocycles. The van der Waals surface area contributed by atoms with Crippen LogP contribution < -0.4 is 5.32 Å². The lowest BCUT2D eigenvalue weighted by atomic mass is 9.91. The van der Waals surface area contributed by atoms with Crippen LogP contribution in [0.1, 0.15) is 30.9 Å². The van der Waals surface area contributed by atoms with Gasteiger partial charge in [-0.1, -0.05) is 6.92 Å². The van der Waals surface area contributed by atoms with Gasteiger partial charge in [0.1, 0.15) is 17.1 Å². The molecule has 0 aliphatic heterocycles. The van der Waals surface area contributed by atoms with Crippen LogP contribution in [0, 0.1) is 13.8 Å². The van der Waals surface area contributed by atoms with E-state index in [1.54, 1.807) is 20.8 Å². The van der Waals surface area contributed by atoms with Gasteiger partial charge in [0.15, 0.2) is 0 Å². The first-order valence-corrected chi connectivity index (χ1v) is 5.11. The molecule has 0 fully saturated rings. The Bertz CT molecular complexity index is 370. The van der Waals surface area contributed by atoms with Crippen molar-refractivity contribution >= 4 is 0 Å². The molecule has 2 nitrogen and oxygen atoms in total. The fourth-order valence-electron chi connectivity index (χ4n) is 1.83. The minimum absolute atomic E-state index is 0.152. The molecule has 1 aromatic heterocycles. The van der Waals surface area contributed by atoms with E-state index in [-0.39, 0.29) is 12.1 Å². The lowest BCUT2D eigenvalue weighted by molar-refractivity contribution is -0.195. The molecule has 1 heterocycles. The minimum atomic E-state index is -4.36. The second-order valence-electron chi connectivity index (χ2n) is 3.98. The lowest BCUT2D eigenvalue weighted by Crippen LogP contribution is -2.51. The van der Waals surface area contributed by atoms with Crippen LogP contribution >= 0.6 is 0 Å². The van der Waals surface area contributed by atoms with Crippen LogP contribution in [0.15, 0.2) is 10.5 Å². The van der Waals surface area contributed by atoms with Crippen molar-refractivity contribution < 1.29 is 17.6 Å². The van der Waals surface area contributed by atoms with Gasteiger partial charge in [0.2, 0.25) is 0 Å². The zero-order valence-corrected chi connectivity index (χ0v) is 9.83. The summed E-state index contributed by atoms with van der Waals surface area (Å²) in [4.78, 5) is 0. The highest BCUT2D eigenvalue weighted by molar-refractivity contribution is 5.30. The summed E-state index contributed by atoms with van der Waals surface area (Å²) in [5.41, 5.74) is -1.90. The van der Waals surface area contributed by atoms with Gasteiger partial charge in [-0.15, -0.1) is 0 Å². The summed E-state index contributed by atoms with van der Waals surface area (Å²) in [7, 11) is 0. The third-order valence-corrected chi connectivity index (χ3v) is 2.68. The van der Waals surface area contributed by atoms with Gasteiger partial charge in [-0.2, -0.15) is 13.2 Å². The maximum Gasteiger partial charge on any atom is 0.410 e. The van der Waals surface area contributed by atoms with Crippen molar-refractivity contribution in [2.24, 2.45) is 0 Å². The molecule has 1 rings (SSSR count). The van der Waals surface area contributed by atoms with Crippen molar-refractivity contribution in [3.05, 3.63) is 23.2 Å². The first-order chi connectivity index (χ1) is 7.22. The molecule has 1 N–H and O–H groups in total. The Kier molecular flexibility index (Phi) is 3.38. The lowest BCUT2D eigenvalue weighted by Gasteiger charge is -2.32. The number of hydrogen-bond acceptors (Lipinski definition) is 2. The van der Waals surface area contributed by atoms with Gasteiger partial charge in [0.25, 0.3) is 0 Å². The monoisotopic (exact) mass is 235 g/mol. The van der Waals surface area contributed by atoms with Gasteiger partial charge in [-0.25, -0.2) is 0 Å². The molecule has 0 aromatic carbocycles. The van der Waals surface area contributed by atoms with Crippen LogP contribution in [-0.2, 0) is 5.54 Å². The first kappa shape index (κ1) is 13.1. The molecule has 0 radical (unpaired) electrons. The fourth-order valence-corrected chi connectivity index (χ4v) is 1.83. The summed E-state index contributed by atoms with van der Waals surface area (Å²) in [6, 6.07) is 1.44. The van der Waals surface area contributed by atoms with E-state index in [2.05, 4.69) is 5.32 Å². The molecule has 0 bridgehead atoms. The fraction of sp³-hybridized carbons (Fsp3) is 0.636. The smallest absolute Gasteiger partial charge is 0.410 e. The number of halogens is 3. The van der Waals surface area contributed by atoms with E-state index >= 15 is 0 Å². The van der Waals surface area contributed by atoms with Crippen LogP contribution in [0.25, 0.3) is 0 Å². The first-order valence-electron chi connectivity index (χ1n) is 5.11. The zero-order valence-electron chi connectivity index (χ0n) is 9.83. The van der Waals surface area contributed by atoms with Crippen molar-refractivity contribution in [2.75, 3.05) is 6.54 Å². The Morgan fingerprint density at radius 2 is 1.88 bits per heavy atom. The summed E-state index contributed by atoms with van der Waals surface area (Å²) >= 11 is 0. The molecule has 0 aliphatic rings. The molecule has 1 atom stereocenters. The minimum Gasteiger partial charge on any atom is -0.466 e. The average Bonchev–Trinajstić information content (AvgIpc) is 2.44. The highest BCUT2D eigenvalue weighted by Crippen LogP contribution is 2.40. The second kappa shape index (κ2) is 4.13. The van der Waals surface area contributed by atoms with Crippen molar-refractivity contribution in [1.82, 2.24) is 5.32 Å². The van der Waals surface area contributed by atoms with E-state index in [4.69, 9.17) is 4.42 Å². The Balaban J connectivity index is 3.27. The van der Waals surface area contributed by atoms with E-state index in [0.29, 0.717) is 11.5 Å². The van der Waals surface area contributed by atoms with Crippen LogP contribution in [0.3, 0.4) is 0 Å². The molecule has 0 spiro atoms. The maximum atomic E-state index is 13.1. The van der Waals surface area contributed by atoms with Gasteiger partial charge in [0, 0.05) is 5.56 Å². The van der Waals surface area contributed by atoms with E-state index < -0.39 is 11.7 Å². The van der Waals surface area contributed by atoms with E-state index in [0.717, 1.165) is 6.92 Å². The molecule has 1 unspecified atom stereocenters. The predicted octanol–water partition coefficient (Wildman–Crippen LogP) is 3.28. The molecular formula is C11H16F3NO. The normalized spacial score (nSPS) is 16.2. The Morgan fingerprint density at radius 1 is 1.31 bits per heavy atom. The summed E-state index contributed by atoms with van der Waals surface area (Å²) in [5, 5.41) is 2.48. The number of hydrogen-bond donors (Lipinski definition) is 1. The van der Waals surface area contributed by atoms with Gasteiger partial charge in [-0.05, 0) is 33.4 Å². The van der Waals surface area contributed by atoms with Crippen molar-refractivity contribution in [3.8, 4) is 0 Å². The SMILES string of the molecule is CCNC(C)(c1cc(C)oc1C)C(F)(F)F. The van der Waals surface area contributed by atoms with Crippen LogP contribution in [0.4, 0.5) is 13.2 Å². The molecule has 16 heavy (non-hydrogen) atoms. The van der Waals surface area contributed by atoms with Gasteiger partial charge in [0.05, 0.1) is 0 Å². The number of nitrogens with one attached hydrogen (secondary N) is 1. The summed E-state index contributed by atoms with van der Waals surface area (Å²) < 4.78 is 44.3. The van der Waals surface area contributed by atoms with Crippen molar-refractivity contribution in [1.29, 1.82) is 0 Å². The average molecular weight is 235 g/mol. The molecule has 1 aromatic rings. The van der Waals surface area contributed by atoms with Crippen molar-refractivity contribution in [3.63, 3.8) is 0 Å². The highest BCUT2D eigenvalue weighted by atomic mass is 19.4. The third kappa shape index (κ3) is 2.09. The number of alkyl halides is 3. The number of furan rings is 1. The van der Waals surface area contributed by atoms with Crippen LogP contribution in [0.2, 0.25) is 0 Å². The largest absolute Gasteiger partial charge is 0.466 e. The topological polar surface area (TPSA) is 25.2 Å². The molecular weight excluding hydrogens is 219 g/mol. The summed E-state index contributed by atoms with van der Waals surface area (Å²) in [6.07, 6.45) is -4.36. The third-order valence-electron chi connectivity index (χ3n) is 2.68. The Hall–Kier alpha value is -0.970. The molecule has 0 saturated heterocycles. The van der Waals surface area contributed by atoms with Crippen LogP contribution in [-0.4, -0.2) is 12.7 Å². The highest BCUT2D eigenvalue weighted by Gasteiger charge is 2.53. The van der Waals surface area contributed by atoms with E-state index in [1.165, 1.54) is 6.07 Å². The molecule has 92 valence electrons. The van der Waals surface area contributed by atoms with E-state index in [1.807, 2.05) is 0 Å². The Morgan fingerprint density at radius 3 is 2.19 bits per heavy atom. The zero-order chi connectivity index (χ0) is 12.6. The number of rotatable bonds is 3. The van der Waals surface area contributed by atoms with Gasteiger partial charge >= 0.3 is 6.18 Å². The van der Waals surface area contributed by atoms with E-state index in [9.17, 15) is 13.2 Å². The standard InChI is InChI=1S/C11H16F3NO/c1-5-15-10(4,11(12,13)14)9-6-7(2)16-8(9)3/h6,15H,5H2,1-4H3. The molecule has 0 amide bonds. The van der Waals surface area contributed by atoms with Gasteiger partial charge in [-0.3, -0.25) is 0 Å². The van der Waals surface area contributed by atoms with Gasteiger partial charge < -0.3 is 9.73 Å². The quantitative estimate of drug-likeness (QED) is 0.869. The maximum absolute atomic E-state index is 13.1. The Labute approximate surface area is 92.8 Å². The van der Waals surface area contributed by atoms with Crippen LogP contribution in [0.5, 0.6) is 0 Å². The number of aryl methyl sites for hydroxylation is 2. The van der Waals surface area contributed by atoms with Crippen molar-refractivity contribution in [2.45, 2.75) is 39.4 Å². The predicted molar refractivity (Wildman–Crippen MR) is 55.3 cm³/mol. The summed E-state index contributed by atoms with van der Waals surface area (Å²) in [5.74, 6) is 0.791. The second-order valence-corrected chi connectivity index (χ2v) is 3.98. The summed E-state index contributed by atoms with van der Waals surface area (Å²) in [6.45, 7) is 6.20. The molecule has 5 heteroatoms. The molecule has 0 saturated carbocycles.